The number of hydrogen-bond donors (Lipinski definition) is 2. The van der Waals surface area contributed by atoms with Gasteiger partial charge in [-0.15, -0.1) is 0 Å². The van der Waals surface area contributed by atoms with Gasteiger partial charge in [-0.1, -0.05) is 67.4 Å². The van der Waals surface area contributed by atoms with E-state index in [9.17, 15) is 19.2 Å². The van der Waals surface area contributed by atoms with E-state index in [-0.39, 0.29) is 37.8 Å². The molecule has 1 aliphatic rings. The Hall–Kier alpha value is -3.79. The SMILES string of the molecule is CCCCNC(=O)[C@@H]1C[C@H](NC(=O)OCc2ccccc2)CN1C(=O)C[C@H](c1ccc(Cl)cc1)N(C)C(=O)OC(C)(C)C. The van der Waals surface area contributed by atoms with E-state index in [1.54, 1.807) is 52.1 Å². The van der Waals surface area contributed by atoms with Crippen LogP contribution in [0.5, 0.6) is 0 Å². The van der Waals surface area contributed by atoms with Crippen molar-refractivity contribution in [3.05, 3.63) is 70.7 Å². The van der Waals surface area contributed by atoms with Crippen molar-refractivity contribution in [3.63, 3.8) is 0 Å². The molecule has 0 unspecified atom stereocenters. The van der Waals surface area contributed by atoms with Crippen LogP contribution in [-0.4, -0.2) is 71.6 Å². The first-order chi connectivity index (χ1) is 20.4. The molecule has 1 aliphatic heterocycles. The number of unbranched alkanes of at least 4 members (excludes halogenated alkanes) is 1. The minimum Gasteiger partial charge on any atom is -0.445 e. The molecule has 0 aliphatic carbocycles. The molecule has 2 aromatic rings. The summed E-state index contributed by atoms with van der Waals surface area (Å²) < 4.78 is 10.9. The fourth-order valence-electron chi connectivity index (χ4n) is 4.81. The van der Waals surface area contributed by atoms with Gasteiger partial charge in [0.2, 0.25) is 11.8 Å². The van der Waals surface area contributed by atoms with Crippen LogP contribution in [0.4, 0.5) is 9.59 Å². The Morgan fingerprint density at radius 2 is 1.74 bits per heavy atom. The number of amides is 4. The molecule has 0 spiro atoms. The van der Waals surface area contributed by atoms with Gasteiger partial charge < -0.3 is 29.9 Å². The first-order valence-corrected chi connectivity index (χ1v) is 15.0. The lowest BCUT2D eigenvalue weighted by Crippen LogP contribution is -2.47. The number of nitrogens with zero attached hydrogens (tertiary/aromatic N) is 2. The van der Waals surface area contributed by atoms with E-state index in [0.29, 0.717) is 17.1 Å². The Labute approximate surface area is 259 Å². The fraction of sp³-hybridized carbons (Fsp3) is 0.500. The highest BCUT2D eigenvalue weighted by Crippen LogP contribution is 2.29. The van der Waals surface area contributed by atoms with Crippen LogP contribution in [0, 0.1) is 0 Å². The molecule has 2 N–H and O–H groups in total. The molecule has 10 nitrogen and oxygen atoms in total. The van der Waals surface area contributed by atoms with Crippen molar-refractivity contribution in [2.75, 3.05) is 20.1 Å². The molecule has 3 atom stereocenters. The Morgan fingerprint density at radius 1 is 1.07 bits per heavy atom. The first kappa shape index (κ1) is 33.7. The maximum Gasteiger partial charge on any atom is 0.410 e. The van der Waals surface area contributed by atoms with Crippen LogP contribution in [0.3, 0.4) is 0 Å². The second-order valence-electron chi connectivity index (χ2n) is 11.7. The lowest BCUT2D eigenvalue weighted by molar-refractivity contribution is -0.139. The third-order valence-corrected chi connectivity index (χ3v) is 7.31. The highest BCUT2D eigenvalue weighted by Gasteiger charge is 2.41. The standard InChI is InChI=1S/C32H43ClN4O6/c1-6-7-17-34-29(39)27-18-25(35-30(40)42-21-22-11-9-8-10-12-22)20-37(27)28(38)19-26(23-13-15-24(33)16-14-23)36(5)31(41)43-32(2,3)4/h8-16,25-27H,6-7,17-21H2,1-5H3,(H,34,39)(H,35,40)/t25-,26+,27-/m0/s1. The third kappa shape index (κ3) is 10.5. The molecule has 3 rings (SSSR count). The molecular weight excluding hydrogens is 572 g/mol. The number of likely N-dealkylation sites (tertiary alicyclic amines) is 1. The van der Waals surface area contributed by atoms with E-state index >= 15 is 0 Å². The molecule has 0 aromatic heterocycles. The largest absolute Gasteiger partial charge is 0.445 e. The van der Waals surface area contributed by atoms with Crippen molar-refractivity contribution >= 4 is 35.6 Å². The monoisotopic (exact) mass is 614 g/mol. The maximum atomic E-state index is 13.9. The lowest BCUT2D eigenvalue weighted by atomic mass is 10.0. The van der Waals surface area contributed by atoms with Crippen LogP contribution >= 0.6 is 11.6 Å². The molecule has 0 radical (unpaired) electrons. The predicted molar refractivity (Wildman–Crippen MR) is 164 cm³/mol. The van der Waals surface area contributed by atoms with Crippen molar-refractivity contribution in [1.29, 1.82) is 0 Å². The van der Waals surface area contributed by atoms with Crippen molar-refractivity contribution in [2.24, 2.45) is 0 Å². The summed E-state index contributed by atoms with van der Waals surface area (Å²) in [6.07, 6.45) is 0.622. The van der Waals surface area contributed by atoms with E-state index in [1.807, 2.05) is 37.3 Å². The van der Waals surface area contributed by atoms with E-state index in [4.69, 9.17) is 21.1 Å². The summed E-state index contributed by atoms with van der Waals surface area (Å²) in [4.78, 5) is 55.6. The third-order valence-electron chi connectivity index (χ3n) is 7.06. The number of halogens is 1. The molecule has 43 heavy (non-hydrogen) atoms. The van der Waals surface area contributed by atoms with Crippen LogP contribution in [0.15, 0.2) is 54.6 Å². The number of ether oxygens (including phenoxy) is 2. The number of hydrogen-bond acceptors (Lipinski definition) is 6. The van der Waals surface area contributed by atoms with Crippen molar-refractivity contribution in [2.45, 2.75) is 83.7 Å². The number of benzene rings is 2. The smallest absolute Gasteiger partial charge is 0.410 e. The number of carbonyl (C=O) groups excluding carboxylic acids is 4. The van der Waals surface area contributed by atoms with E-state index in [2.05, 4.69) is 10.6 Å². The molecule has 1 heterocycles. The van der Waals surface area contributed by atoms with Gasteiger partial charge in [0.05, 0.1) is 18.5 Å². The summed E-state index contributed by atoms with van der Waals surface area (Å²) >= 11 is 6.11. The normalized spacial score (nSPS) is 17.1. The van der Waals surface area contributed by atoms with Gasteiger partial charge in [0, 0.05) is 25.2 Å². The highest BCUT2D eigenvalue weighted by atomic mass is 35.5. The summed E-state index contributed by atoms with van der Waals surface area (Å²) in [6, 6.07) is 14.2. The number of rotatable bonds is 11. The minimum absolute atomic E-state index is 0.0999. The van der Waals surface area contributed by atoms with Crippen LogP contribution in [0.25, 0.3) is 0 Å². The molecule has 234 valence electrons. The zero-order chi connectivity index (χ0) is 31.6. The van der Waals surface area contributed by atoms with Gasteiger partial charge in [0.25, 0.3) is 0 Å². The summed E-state index contributed by atoms with van der Waals surface area (Å²) in [7, 11) is 1.58. The average Bonchev–Trinajstić information content (AvgIpc) is 3.38. The number of nitrogens with one attached hydrogen (secondary N) is 2. The topological polar surface area (TPSA) is 117 Å². The zero-order valence-corrected chi connectivity index (χ0v) is 26.4. The second kappa shape index (κ2) is 15.6. The quantitative estimate of drug-likeness (QED) is 0.325. The molecule has 4 amide bonds. The molecule has 0 saturated carbocycles. The minimum atomic E-state index is -0.790. The Kier molecular flexibility index (Phi) is 12.2. The average molecular weight is 615 g/mol. The fourth-order valence-corrected chi connectivity index (χ4v) is 4.94. The molecule has 11 heteroatoms. The van der Waals surface area contributed by atoms with Gasteiger partial charge >= 0.3 is 12.2 Å². The van der Waals surface area contributed by atoms with Crippen molar-refractivity contribution in [1.82, 2.24) is 20.4 Å². The first-order valence-electron chi connectivity index (χ1n) is 14.6. The van der Waals surface area contributed by atoms with Gasteiger partial charge in [-0.2, -0.15) is 0 Å². The van der Waals surface area contributed by atoms with Crippen LogP contribution in [-0.2, 0) is 25.7 Å². The van der Waals surface area contributed by atoms with Crippen molar-refractivity contribution < 1.29 is 28.7 Å². The van der Waals surface area contributed by atoms with Crippen LogP contribution < -0.4 is 10.6 Å². The summed E-state index contributed by atoms with van der Waals surface area (Å²) in [5.74, 6) is -0.625. The summed E-state index contributed by atoms with van der Waals surface area (Å²) in [5, 5.41) is 6.24. The predicted octanol–water partition coefficient (Wildman–Crippen LogP) is 5.45. The van der Waals surface area contributed by atoms with Gasteiger partial charge in [-0.05, 0) is 56.9 Å². The van der Waals surface area contributed by atoms with Gasteiger partial charge in [0.1, 0.15) is 18.2 Å². The molecular formula is C32H43ClN4O6. The van der Waals surface area contributed by atoms with Crippen LogP contribution in [0.2, 0.25) is 5.02 Å². The van der Waals surface area contributed by atoms with E-state index < -0.39 is 35.9 Å². The second-order valence-corrected chi connectivity index (χ2v) is 12.1. The molecule has 1 saturated heterocycles. The highest BCUT2D eigenvalue weighted by molar-refractivity contribution is 6.30. The van der Waals surface area contributed by atoms with Gasteiger partial charge in [-0.3, -0.25) is 9.59 Å². The maximum absolute atomic E-state index is 13.9. The summed E-state index contributed by atoms with van der Waals surface area (Å²) in [6.45, 7) is 8.04. The van der Waals surface area contributed by atoms with Crippen molar-refractivity contribution in [3.8, 4) is 0 Å². The lowest BCUT2D eigenvalue weighted by Gasteiger charge is -2.32. The molecule has 1 fully saturated rings. The number of alkyl carbamates (subject to hydrolysis) is 1. The Balaban J connectivity index is 1.77. The molecule has 0 bridgehead atoms. The number of carbonyl (C=O) groups is 4. The molecule has 2 aromatic carbocycles. The van der Waals surface area contributed by atoms with Gasteiger partial charge in [-0.25, -0.2) is 9.59 Å². The zero-order valence-electron chi connectivity index (χ0n) is 25.6. The van der Waals surface area contributed by atoms with Crippen LogP contribution in [0.1, 0.15) is 70.5 Å². The Bertz CT molecular complexity index is 1230. The van der Waals surface area contributed by atoms with E-state index in [0.717, 1.165) is 18.4 Å². The van der Waals surface area contributed by atoms with E-state index in [1.165, 1.54) is 9.80 Å². The van der Waals surface area contributed by atoms with Gasteiger partial charge in [0.15, 0.2) is 0 Å². The summed E-state index contributed by atoms with van der Waals surface area (Å²) in [5.41, 5.74) is 0.801. The Morgan fingerprint density at radius 3 is 2.37 bits per heavy atom.